The highest BCUT2D eigenvalue weighted by Crippen LogP contribution is 2.35. The molecule has 0 aromatic carbocycles. The summed E-state index contributed by atoms with van der Waals surface area (Å²) in [5, 5.41) is 12.0. The number of furan rings is 1. The summed E-state index contributed by atoms with van der Waals surface area (Å²) < 4.78 is 8.04. The highest BCUT2D eigenvalue weighted by Gasteiger charge is 2.27. The van der Waals surface area contributed by atoms with Gasteiger partial charge in [-0.15, -0.1) is 0 Å². The van der Waals surface area contributed by atoms with Crippen molar-refractivity contribution < 1.29 is 14.0 Å². The van der Waals surface area contributed by atoms with Crippen LogP contribution in [0, 0.1) is 4.77 Å². The average molecular weight is 400 g/mol. The number of carbonyl (C=O) groups excluding carboxylic acids is 2. The van der Waals surface area contributed by atoms with Gasteiger partial charge in [-0.3, -0.25) is 19.3 Å². The minimum absolute atomic E-state index is 0.138. The summed E-state index contributed by atoms with van der Waals surface area (Å²) in [6, 6.07) is 3.51. The lowest BCUT2D eigenvalue weighted by atomic mass is 10.4. The first-order valence-electron chi connectivity index (χ1n) is 7.00. The van der Waals surface area contributed by atoms with Crippen LogP contribution < -0.4 is 10.6 Å². The first-order chi connectivity index (χ1) is 11.0. The molecule has 8 nitrogen and oxygen atoms in total. The van der Waals surface area contributed by atoms with E-state index < -0.39 is 5.91 Å². The monoisotopic (exact) mass is 399 g/mol. The summed E-state index contributed by atoms with van der Waals surface area (Å²) in [4.78, 5) is 23.6. The minimum Gasteiger partial charge on any atom is -0.444 e. The van der Waals surface area contributed by atoms with Gasteiger partial charge in [0.15, 0.2) is 21.0 Å². The molecule has 122 valence electrons. The van der Waals surface area contributed by atoms with E-state index in [1.54, 1.807) is 6.07 Å². The topological polar surface area (TPSA) is 105 Å². The lowest BCUT2D eigenvalue weighted by molar-refractivity contribution is -0.120. The van der Waals surface area contributed by atoms with Gasteiger partial charge in [-0.05, 0) is 53.1 Å². The summed E-state index contributed by atoms with van der Waals surface area (Å²) in [6.07, 6.45) is 2.15. The second-order valence-electron chi connectivity index (χ2n) is 5.11. The molecule has 2 amide bonds. The van der Waals surface area contributed by atoms with E-state index in [1.807, 2.05) is 4.57 Å². The Morgan fingerprint density at radius 1 is 1.43 bits per heavy atom. The van der Waals surface area contributed by atoms with Gasteiger partial charge in [0, 0.05) is 6.04 Å². The van der Waals surface area contributed by atoms with Gasteiger partial charge in [0.2, 0.25) is 5.91 Å². The van der Waals surface area contributed by atoms with Crippen LogP contribution in [0.25, 0.3) is 0 Å². The normalized spacial score (nSPS) is 13.8. The lowest BCUT2D eigenvalue weighted by Crippen LogP contribution is -2.36. The number of hydrogen-bond acceptors (Lipinski definition) is 5. The van der Waals surface area contributed by atoms with E-state index in [0.717, 1.165) is 12.8 Å². The third kappa shape index (κ3) is 3.88. The summed E-state index contributed by atoms with van der Waals surface area (Å²) in [7, 11) is 0. The number of rotatable bonds is 6. The van der Waals surface area contributed by atoms with Gasteiger partial charge in [0.1, 0.15) is 0 Å². The molecule has 23 heavy (non-hydrogen) atoms. The van der Waals surface area contributed by atoms with Crippen LogP contribution in [0.2, 0.25) is 0 Å². The molecule has 1 aliphatic carbocycles. The Bertz CT molecular complexity index is 792. The van der Waals surface area contributed by atoms with Gasteiger partial charge in [-0.2, -0.15) is 5.10 Å². The number of H-pyrrole nitrogens is 1. The van der Waals surface area contributed by atoms with Crippen LogP contribution >= 0.6 is 28.1 Å². The van der Waals surface area contributed by atoms with Crippen molar-refractivity contribution in [1.82, 2.24) is 25.4 Å². The van der Waals surface area contributed by atoms with Crippen molar-refractivity contribution in [3.05, 3.63) is 33.2 Å². The van der Waals surface area contributed by atoms with E-state index in [9.17, 15) is 9.59 Å². The van der Waals surface area contributed by atoms with E-state index >= 15 is 0 Å². The van der Waals surface area contributed by atoms with Gasteiger partial charge in [0.25, 0.3) is 5.91 Å². The molecule has 2 aromatic rings. The minimum atomic E-state index is -0.452. The van der Waals surface area contributed by atoms with Gasteiger partial charge in [0.05, 0.1) is 13.1 Å². The Hall–Kier alpha value is -1.94. The maximum Gasteiger partial charge on any atom is 0.287 e. The standard InChI is InChI=1S/C13H14BrN5O3S/c14-9-4-3-8(22-9)12(21)16-6-11(20)15-5-10-17-18-13(23)19(10)7-1-2-7/h3-4,7H,1-2,5-6H2,(H,15,20)(H,16,21)(H,18,23). The Morgan fingerprint density at radius 3 is 2.87 bits per heavy atom. The molecular weight excluding hydrogens is 386 g/mol. The number of aromatic nitrogens is 3. The number of amides is 2. The summed E-state index contributed by atoms with van der Waals surface area (Å²) in [5.41, 5.74) is 0. The molecule has 2 aromatic heterocycles. The molecule has 3 rings (SSSR count). The number of aromatic amines is 1. The van der Waals surface area contributed by atoms with E-state index in [2.05, 4.69) is 36.8 Å². The van der Waals surface area contributed by atoms with Crippen LogP contribution in [-0.4, -0.2) is 33.1 Å². The number of nitrogens with one attached hydrogen (secondary N) is 3. The highest BCUT2D eigenvalue weighted by atomic mass is 79.9. The predicted octanol–water partition coefficient (Wildman–Crippen LogP) is 1.68. The zero-order valence-corrected chi connectivity index (χ0v) is 14.4. The fraction of sp³-hybridized carbons (Fsp3) is 0.385. The second kappa shape index (κ2) is 6.67. The SMILES string of the molecule is O=C(CNC(=O)c1ccc(Br)o1)NCc1n[nH]c(=S)n1C1CC1. The largest absolute Gasteiger partial charge is 0.444 e. The lowest BCUT2D eigenvalue weighted by Gasteiger charge is -2.07. The summed E-state index contributed by atoms with van der Waals surface area (Å²) >= 11 is 8.28. The van der Waals surface area contributed by atoms with Gasteiger partial charge in [-0.1, -0.05) is 0 Å². The molecule has 0 radical (unpaired) electrons. The van der Waals surface area contributed by atoms with Gasteiger partial charge < -0.3 is 15.1 Å². The quantitative estimate of drug-likeness (QED) is 0.640. The molecule has 2 heterocycles. The predicted molar refractivity (Wildman–Crippen MR) is 86.3 cm³/mol. The maximum atomic E-state index is 11.8. The van der Waals surface area contributed by atoms with Crippen molar-refractivity contribution in [2.75, 3.05) is 6.54 Å². The first-order valence-corrected chi connectivity index (χ1v) is 8.20. The average Bonchev–Trinajstić information content (AvgIpc) is 3.16. The number of halogens is 1. The van der Waals surface area contributed by atoms with Crippen molar-refractivity contribution >= 4 is 40.0 Å². The van der Waals surface area contributed by atoms with Crippen LogP contribution in [0.1, 0.15) is 35.3 Å². The third-order valence-corrected chi connectivity index (χ3v) is 4.05. The highest BCUT2D eigenvalue weighted by molar-refractivity contribution is 9.10. The molecule has 1 fully saturated rings. The zero-order chi connectivity index (χ0) is 16.4. The molecule has 0 unspecified atom stereocenters. The zero-order valence-electron chi connectivity index (χ0n) is 12.0. The van der Waals surface area contributed by atoms with E-state index in [-0.39, 0.29) is 24.8 Å². The number of carbonyl (C=O) groups is 2. The van der Waals surface area contributed by atoms with E-state index in [1.165, 1.54) is 6.07 Å². The molecule has 1 saturated carbocycles. The van der Waals surface area contributed by atoms with Crippen molar-refractivity contribution in [2.45, 2.75) is 25.4 Å². The third-order valence-electron chi connectivity index (χ3n) is 3.34. The van der Waals surface area contributed by atoms with E-state index in [4.69, 9.17) is 16.6 Å². The summed E-state index contributed by atoms with van der Waals surface area (Å²) in [5.74, 6) is 0.0539. The van der Waals surface area contributed by atoms with Crippen LogP contribution in [-0.2, 0) is 11.3 Å². The Balaban J connectivity index is 1.48. The van der Waals surface area contributed by atoms with Crippen LogP contribution in [0.5, 0.6) is 0 Å². The van der Waals surface area contributed by atoms with Gasteiger partial charge in [-0.25, -0.2) is 0 Å². The Labute approximate surface area is 144 Å². The molecule has 0 aliphatic heterocycles. The first kappa shape index (κ1) is 15.9. The molecule has 0 bridgehead atoms. The van der Waals surface area contributed by atoms with E-state index in [0.29, 0.717) is 21.3 Å². The molecular formula is C13H14BrN5O3S. The van der Waals surface area contributed by atoms with Crippen molar-refractivity contribution in [1.29, 1.82) is 0 Å². The smallest absolute Gasteiger partial charge is 0.287 e. The Kier molecular flexibility index (Phi) is 4.62. The molecule has 0 saturated heterocycles. The van der Waals surface area contributed by atoms with Gasteiger partial charge >= 0.3 is 0 Å². The maximum absolute atomic E-state index is 11.8. The molecule has 10 heteroatoms. The van der Waals surface area contributed by atoms with Crippen molar-refractivity contribution in [2.24, 2.45) is 0 Å². The Morgan fingerprint density at radius 2 is 2.22 bits per heavy atom. The molecule has 1 aliphatic rings. The van der Waals surface area contributed by atoms with Crippen LogP contribution in [0.3, 0.4) is 0 Å². The van der Waals surface area contributed by atoms with Crippen LogP contribution in [0.4, 0.5) is 0 Å². The summed E-state index contributed by atoms with van der Waals surface area (Å²) in [6.45, 7) is 0.108. The number of nitrogens with zero attached hydrogens (tertiary/aromatic N) is 2. The fourth-order valence-corrected chi connectivity index (χ4v) is 2.70. The molecule has 0 spiro atoms. The van der Waals surface area contributed by atoms with Crippen molar-refractivity contribution in [3.8, 4) is 0 Å². The molecule has 0 atom stereocenters. The second-order valence-corrected chi connectivity index (χ2v) is 6.28. The fourth-order valence-electron chi connectivity index (χ4n) is 2.10. The molecule has 3 N–H and O–H groups in total. The number of hydrogen-bond donors (Lipinski definition) is 3. The van der Waals surface area contributed by atoms with Crippen LogP contribution in [0.15, 0.2) is 21.2 Å². The van der Waals surface area contributed by atoms with Crippen molar-refractivity contribution in [3.63, 3.8) is 0 Å².